The highest BCUT2D eigenvalue weighted by molar-refractivity contribution is 9.11. The van der Waals surface area contributed by atoms with Gasteiger partial charge in [0, 0.05) is 26.6 Å². The van der Waals surface area contributed by atoms with Gasteiger partial charge >= 0.3 is 0 Å². The van der Waals surface area contributed by atoms with E-state index in [1.54, 1.807) is 11.3 Å². The van der Waals surface area contributed by atoms with E-state index in [1.807, 2.05) is 12.3 Å². The number of halogens is 2. The first-order chi connectivity index (χ1) is 9.88. The molecule has 0 aromatic carbocycles. The predicted molar refractivity (Wildman–Crippen MR) is 96.0 cm³/mol. The average Bonchev–Trinajstić information content (AvgIpc) is 2.85. The van der Waals surface area contributed by atoms with Crippen LogP contribution in [-0.4, -0.2) is 16.0 Å². The molecule has 2 aromatic heterocycles. The normalized spacial score (nSPS) is 13.1. The van der Waals surface area contributed by atoms with Crippen molar-refractivity contribution in [2.75, 3.05) is 0 Å². The van der Waals surface area contributed by atoms with Crippen molar-refractivity contribution in [3.05, 3.63) is 43.0 Å². The summed E-state index contributed by atoms with van der Waals surface area (Å²) in [5, 5.41) is 6.76. The molecule has 1 unspecified atom stereocenters. The molecule has 0 aliphatic carbocycles. The summed E-state index contributed by atoms with van der Waals surface area (Å²) in [4.78, 5) is 9.36. The lowest BCUT2D eigenvalue weighted by molar-refractivity contribution is 0.515. The molecule has 2 heterocycles. The van der Waals surface area contributed by atoms with Gasteiger partial charge in [-0.3, -0.25) is 4.98 Å². The Labute approximate surface area is 146 Å². The maximum Gasteiger partial charge on any atom is 0.116 e. The molecule has 0 bridgehead atoms. The van der Waals surface area contributed by atoms with Crippen LogP contribution in [-0.2, 0) is 0 Å². The zero-order chi connectivity index (χ0) is 15.6. The fraction of sp³-hybridized carbons (Fsp3) is 0.467. The van der Waals surface area contributed by atoms with Crippen LogP contribution in [0.3, 0.4) is 0 Å². The van der Waals surface area contributed by atoms with Crippen molar-refractivity contribution in [1.82, 2.24) is 15.3 Å². The van der Waals surface area contributed by atoms with Crippen molar-refractivity contribution in [1.29, 1.82) is 0 Å². The summed E-state index contributed by atoms with van der Waals surface area (Å²) in [5.74, 6) is 0.441. The summed E-state index contributed by atoms with van der Waals surface area (Å²) >= 11 is 8.75. The van der Waals surface area contributed by atoms with Gasteiger partial charge < -0.3 is 5.32 Å². The zero-order valence-electron chi connectivity index (χ0n) is 12.5. The van der Waals surface area contributed by atoms with Crippen molar-refractivity contribution in [3.8, 4) is 0 Å². The van der Waals surface area contributed by atoms with Crippen LogP contribution in [0.4, 0.5) is 0 Å². The molecule has 0 amide bonds. The third kappa shape index (κ3) is 4.34. The van der Waals surface area contributed by atoms with Gasteiger partial charge in [0.25, 0.3) is 0 Å². The Hall–Kier alpha value is -0.300. The Morgan fingerprint density at radius 1 is 1.19 bits per heavy atom. The van der Waals surface area contributed by atoms with Gasteiger partial charge in [-0.15, -0.1) is 11.3 Å². The molecule has 2 aromatic rings. The number of hydrogen-bond acceptors (Lipinski definition) is 4. The molecular weight excluding hydrogens is 414 g/mol. The van der Waals surface area contributed by atoms with E-state index in [-0.39, 0.29) is 6.04 Å². The molecule has 0 saturated heterocycles. The first kappa shape index (κ1) is 17.1. The molecule has 0 radical (unpaired) electrons. The molecule has 0 saturated carbocycles. The Morgan fingerprint density at radius 3 is 2.43 bits per heavy atom. The van der Waals surface area contributed by atoms with Gasteiger partial charge in [-0.2, -0.15) is 0 Å². The fourth-order valence-corrected chi connectivity index (χ4v) is 4.19. The summed E-state index contributed by atoms with van der Waals surface area (Å²) in [7, 11) is 0. The largest absolute Gasteiger partial charge is 0.301 e. The molecular formula is C15H19Br2N3S. The SMILES string of the molecule is CC(C)NC(c1nc(C(C)C)cs1)c1ncc(Br)cc1Br. The molecule has 1 N–H and O–H groups in total. The standard InChI is InChI=1S/C15H19Br2N3S/c1-8(2)12-7-21-15(20-12)14(19-9(3)4)13-11(17)5-10(16)6-18-13/h5-9,14,19H,1-4H3. The van der Waals surface area contributed by atoms with Gasteiger partial charge in [0.1, 0.15) is 11.0 Å². The van der Waals surface area contributed by atoms with Gasteiger partial charge in [0.15, 0.2) is 0 Å². The van der Waals surface area contributed by atoms with Crippen LogP contribution in [0.2, 0.25) is 0 Å². The molecule has 0 fully saturated rings. The summed E-state index contributed by atoms with van der Waals surface area (Å²) in [6.45, 7) is 8.60. The lowest BCUT2D eigenvalue weighted by Crippen LogP contribution is -2.29. The molecule has 114 valence electrons. The second kappa shape index (κ2) is 7.31. The van der Waals surface area contributed by atoms with Crippen molar-refractivity contribution >= 4 is 43.2 Å². The van der Waals surface area contributed by atoms with Crippen LogP contribution < -0.4 is 5.32 Å². The minimum Gasteiger partial charge on any atom is -0.301 e. The van der Waals surface area contributed by atoms with E-state index in [2.05, 4.69) is 75.2 Å². The van der Waals surface area contributed by atoms with E-state index in [4.69, 9.17) is 4.98 Å². The summed E-state index contributed by atoms with van der Waals surface area (Å²) in [5.41, 5.74) is 2.11. The molecule has 6 heteroatoms. The van der Waals surface area contributed by atoms with Crippen molar-refractivity contribution < 1.29 is 0 Å². The van der Waals surface area contributed by atoms with Crippen LogP contribution in [0.5, 0.6) is 0 Å². The maximum atomic E-state index is 4.79. The van der Waals surface area contributed by atoms with Crippen LogP contribution in [0, 0.1) is 0 Å². The van der Waals surface area contributed by atoms with Gasteiger partial charge in [0.05, 0.1) is 11.4 Å². The predicted octanol–water partition coefficient (Wildman–Crippen LogP) is 5.27. The monoisotopic (exact) mass is 431 g/mol. The van der Waals surface area contributed by atoms with E-state index >= 15 is 0 Å². The highest BCUT2D eigenvalue weighted by Crippen LogP contribution is 2.32. The minimum atomic E-state index is 0.00461. The third-order valence-corrected chi connectivity index (χ3v) is 4.98. The van der Waals surface area contributed by atoms with Gasteiger partial charge in [0.2, 0.25) is 0 Å². The number of aromatic nitrogens is 2. The fourth-order valence-electron chi connectivity index (χ4n) is 1.94. The average molecular weight is 433 g/mol. The minimum absolute atomic E-state index is 0.00461. The third-order valence-electron chi connectivity index (χ3n) is 2.99. The summed E-state index contributed by atoms with van der Waals surface area (Å²) < 4.78 is 1.94. The van der Waals surface area contributed by atoms with E-state index in [0.717, 1.165) is 25.3 Å². The highest BCUT2D eigenvalue weighted by Gasteiger charge is 2.23. The molecule has 21 heavy (non-hydrogen) atoms. The highest BCUT2D eigenvalue weighted by atomic mass is 79.9. The Bertz CT molecular complexity index is 611. The van der Waals surface area contributed by atoms with Gasteiger partial charge in [-0.1, -0.05) is 13.8 Å². The topological polar surface area (TPSA) is 37.8 Å². The first-order valence-electron chi connectivity index (χ1n) is 6.90. The number of pyridine rings is 1. The number of nitrogens with one attached hydrogen (secondary N) is 1. The van der Waals surface area contributed by atoms with E-state index < -0.39 is 0 Å². The molecule has 0 spiro atoms. The van der Waals surface area contributed by atoms with E-state index in [1.165, 1.54) is 0 Å². The molecule has 1 atom stereocenters. The Kier molecular flexibility index (Phi) is 5.94. The quantitative estimate of drug-likeness (QED) is 0.698. The van der Waals surface area contributed by atoms with E-state index in [9.17, 15) is 0 Å². The lowest BCUT2D eigenvalue weighted by Gasteiger charge is -2.20. The van der Waals surface area contributed by atoms with Crippen LogP contribution in [0.1, 0.15) is 56.1 Å². The Balaban J connectivity index is 2.41. The maximum absolute atomic E-state index is 4.79. The number of hydrogen-bond donors (Lipinski definition) is 1. The van der Waals surface area contributed by atoms with Crippen LogP contribution >= 0.6 is 43.2 Å². The Morgan fingerprint density at radius 2 is 1.90 bits per heavy atom. The summed E-state index contributed by atoms with van der Waals surface area (Å²) in [6.07, 6.45) is 1.83. The van der Waals surface area contributed by atoms with Crippen molar-refractivity contribution in [3.63, 3.8) is 0 Å². The number of nitrogens with zero attached hydrogens (tertiary/aromatic N) is 2. The van der Waals surface area contributed by atoms with Crippen molar-refractivity contribution in [2.45, 2.75) is 45.7 Å². The smallest absolute Gasteiger partial charge is 0.116 e. The van der Waals surface area contributed by atoms with Crippen LogP contribution in [0.15, 0.2) is 26.6 Å². The molecule has 2 rings (SSSR count). The van der Waals surface area contributed by atoms with E-state index in [0.29, 0.717) is 12.0 Å². The second-order valence-corrected chi connectivity index (χ2v) is 8.20. The first-order valence-corrected chi connectivity index (χ1v) is 9.37. The lowest BCUT2D eigenvalue weighted by atomic mass is 10.1. The van der Waals surface area contributed by atoms with Gasteiger partial charge in [-0.05, 0) is 57.7 Å². The number of rotatable bonds is 5. The van der Waals surface area contributed by atoms with Crippen LogP contribution in [0.25, 0.3) is 0 Å². The van der Waals surface area contributed by atoms with Crippen molar-refractivity contribution in [2.24, 2.45) is 0 Å². The number of thiazole rings is 1. The summed E-state index contributed by atoms with van der Waals surface area (Å²) in [6, 6.07) is 2.37. The molecule has 0 aliphatic heterocycles. The molecule has 3 nitrogen and oxygen atoms in total. The molecule has 0 aliphatic rings. The second-order valence-electron chi connectivity index (χ2n) is 5.54. The zero-order valence-corrected chi connectivity index (χ0v) is 16.5. The van der Waals surface area contributed by atoms with Gasteiger partial charge in [-0.25, -0.2) is 4.98 Å².